The van der Waals surface area contributed by atoms with Crippen LogP contribution in [0.1, 0.15) is 0 Å². The van der Waals surface area contributed by atoms with Gasteiger partial charge in [0.05, 0.1) is 0 Å². The molecule has 0 N–H and O–H groups in total. The summed E-state index contributed by atoms with van der Waals surface area (Å²) in [5.74, 6) is 0.541. The van der Waals surface area contributed by atoms with Crippen LogP contribution in [0.25, 0.3) is 11.5 Å². The van der Waals surface area contributed by atoms with E-state index in [1.165, 1.54) is 6.39 Å². The van der Waals surface area contributed by atoms with Crippen LogP contribution in [0.4, 0.5) is 0 Å². The minimum absolute atomic E-state index is 0.541. The minimum Gasteiger partial charge on any atom is -0.423 e. The predicted molar refractivity (Wildman–Crippen MR) is 38.6 cm³/mol. The summed E-state index contributed by atoms with van der Waals surface area (Å²) in [6, 6.07) is 10.3. The number of nitrogens with zero attached hydrogens (tertiary/aromatic N) is 2. The summed E-state index contributed by atoms with van der Waals surface area (Å²) < 4.78 is 4.98. The standard InChI is InChI=1S/C8H5N2O/c1-2-4-7(5-3-1)8-10-9-6-11-8/h2-6H. The molecule has 1 radical (unpaired) electrons. The lowest BCUT2D eigenvalue weighted by atomic mass is 10.2. The van der Waals surface area contributed by atoms with Gasteiger partial charge in [-0.15, -0.1) is 10.2 Å². The molecule has 3 nitrogen and oxygen atoms in total. The third-order valence-corrected chi connectivity index (χ3v) is 1.33. The Labute approximate surface area is 63.7 Å². The van der Waals surface area contributed by atoms with Crippen molar-refractivity contribution in [2.75, 3.05) is 0 Å². The number of hydrogen-bond acceptors (Lipinski definition) is 3. The molecule has 0 bridgehead atoms. The molecule has 1 aromatic carbocycles. The van der Waals surface area contributed by atoms with Crippen molar-refractivity contribution >= 4 is 0 Å². The molecule has 0 atom stereocenters. The Balaban J connectivity index is 2.46. The zero-order valence-corrected chi connectivity index (χ0v) is 5.69. The first-order chi connectivity index (χ1) is 5.47. The van der Waals surface area contributed by atoms with Crippen molar-refractivity contribution in [2.24, 2.45) is 0 Å². The fraction of sp³-hybridized carbons (Fsp3) is 0. The van der Waals surface area contributed by atoms with Crippen LogP contribution >= 0.6 is 0 Å². The molecule has 53 valence electrons. The highest BCUT2D eigenvalue weighted by atomic mass is 16.4. The highest BCUT2D eigenvalue weighted by molar-refractivity contribution is 5.51. The number of rotatable bonds is 1. The van der Waals surface area contributed by atoms with E-state index in [4.69, 9.17) is 4.42 Å². The Morgan fingerprint density at radius 1 is 1.27 bits per heavy atom. The first-order valence-corrected chi connectivity index (χ1v) is 3.19. The Morgan fingerprint density at radius 3 is 2.73 bits per heavy atom. The molecular formula is C8H5N2O. The van der Waals surface area contributed by atoms with Gasteiger partial charge in [0.2, 0.25) is 12.3 Å². The molecule has 1 aromatic heterocycles. The van der Waals surface area contributed by atoms with Crippen molar-refractivity contribution < 1.29 is 4.42 Å². The van der Waals surface area contributed by atoms with E-state index in [0.29, 0.717) is 5.89 Å². The van der Waals surface area contributed by atoms with Gasteiger partial charge in [0, 0.05) is 5.56 Å². The molecule has 0 aliphatic heterocycles. The van der Waals surface area contributed by atoms with Gasteiger partial charge in [-0.1, -0.05) is 12.1 Å². The van der Waals surface area contributed by atoms with E-state index >= 15 is 0 Å². The average molecular weight is 145 g/mol. The van der Waals surface area contributed by atoms with Gasteiger partial charge in [0.25, 0.3) is 0 Å². The van der Waals surface area contributed by atoms with E-state index < -0.39 is 0 Å². The zero-order chi connectivity index (χ0) is 7.52. The first kappa shape index (κ1) is 6.09. The van der Waals surface area contributed by atoms with Crippen molar-refractivity contribution in [1.29, 1.82) is 0 Å². The summed E-state index contributed by atoms with van der Waals surface area (Å²) in [7, 11) is 0. The monoisotopic (exact) mass is 145 g/mol. The van der Waals surface area contributed by atoms with Gasteiger partial charge in [-0.05, 0) is 18.2 Å². The summed E-state index contributed by atoms with van der Waals surface area (Å²) in [4.78, 5) is 0. The van der Waals surface area contributed by atoms with E-state index in [-0.39, 0.29) is 0 Å². The molecule has 0 saturated carbocycles. The third-order valence-electron chi connectivity index (χ3n) is 1.33. The van der Waals surface area contributed by atoms with Crippen molar-refractivity contribution in [1.82, 2.24) is 10.2 Å². The van der Waals surface area contributed by atoms with Crippen LogP contribution < -0.4 is 0 Å². The van der Waals surface area contributed by atoms with Crippen LogP contribution in [0.15, 0.2) is 35.1 Å². The summed E-state index contributed by atoms with van der Waals surface area (Å²) in [6.45, 7) is 0. The number of benzene rings is 1. The molecule has 0 amide bonds. The fourth-order valence-corrected chi connectivity index (χ4v) is 0.828. The number of hydrogen-bond donors (Lipinski definition) is 0. The van der Waals surface area contributed by atoms with E-state index in [9.17, 15) is 0 Å². The van der Waals surface area contributed by atoms with Gasteiger partial charge < -0.3 is 4.42 Å². The topological polar surface area (TPSA) is 38.9 Å². The SMILES string of the molecule is [c]1ccc(-c2nnco2)cc1. The van der Waals surface area contributed by atoms with E-state index in [1.54, 1.807) is 12.1 Å². The van der Waals surface area contributed by atoms with Crippen LogP contribution in [0.5, 0.6) is 0 Å². The van der Waals surface area contributed by atoms with Crippen LogP contribution in [-0.2, 0) is 0 Å². The molecule has 2 rings (SSSR count). The van der Waals surface area contributed by atoms with Crippen molar-refractivity contribution in [2.45, 2.75) is 0 Å². The molecule has 11 heavy (non-hydrogen) atoms. The summed E-state index contributed by atoms with van der Waals surface area (Å²) in [5.41, 5.74) is 0.918. The third kappa shape index (κ3) is 1.12. The van der Waals surface area contributed by atoms with Crippen LogP contribution in [0.2, 0.25) is 0 Å². The predicted octanol–water partition coefficient (Wildman–Crippen LogP) is 1.54. The number of aromatic nitrogens is 2. The summed E-state index contributed by atoms with van der Waals surface area (Å²) >= 11 is 0. The lowest BCUT2D eigenvalue weighted by Gasteiger charge is -1.89. The van der Waals surface area contributed by atoms with Gasteiger partial charge in [0.1, 0.15) is 0 Å². The van der Waals surface area contributed by atoms with Crippen LogP contribution in [-0.4, -0.2) is 10.2 Å². The molecule has 0 fully saturated rings. The molecular weight excluding hydrogens is 140 g/mol. The van der Waals surface area contributed by atoms with Crippen molar-refractivity contribution in [3.8, 4) is 11.5 Å². The van der Waals surface area contributed by atoms with Gasteiger partial charge in [0.15, 0.2) is 0 Å². The highest BCUT2D eigenvalue weighted by Gasteiger charge is 1.99. The smallest absolute Gasteiger partial charge is 0.247 e. The lowest BCUT2D eigenvalue weighted by Crippen LogP contribution is -1.75. The first-order valence-electron chi connectivity index (χ1n) is 3.19. The Kier molecular flexibility index (Phi) is 1.41. The van der Waals surface area contributed by atoms with E-state index in [1.807, 2.05) is 12.1 Å². The molecule has 1 heterocycles. The maximum absolute atomic E-state index is 4.98. The Morgan fingerprint density at radius 2 is 2.09 bits per heavy atom. The molecule has 0 spiro atoms. The average Bonchev–Trinajstić information content (AvgIpc) is 2.58. The minimum atomic E-state index is 0.541. The van der Waals surface area contributed by atoms with Gasteiger partial charge in [-0.3, -0.25) is 0 Å². The quantitative estimate of drug-likeness (QED) is 0.610. The second-order valence-electron chi connectivity index (χ2n) is 2.03. The van der Waals surface area contributed by atoms with Gasteiger partial charge in [-0.25, -0.2) is 0 Å². The second kappa shape index (κ2) is 2.54. The molecule has 2 aromatic rings. The Bertz CT molecular complexity index is 315. The highest BCUT2D eigenvalue weighted by Crippen LogP contribution is 2.13. The molecule has 0 aliphatic carbocycles. The summed E-state index contributed by atoms with van der Waals surface area (Å²) in [6.07, 6.45) is 1.31. The zero-order valence-electron chi connectivity index (χ0n) is 5.69. The van der Waals surface area contributed by atoms with Crippen LogP contribution in [0, 0.1) is 6.07 Å². The molecule has 3 heteroatoms. The lowest BCUT2D eigenvalue weighted by molar-refractivity contribution is 0.568. The fourth-order valence-electron chi connectivity index (χ4n) is 0.828. The molecule has 0 aliphatic rings. The van der Waals surface area contributed by atoms with Gasteiger partial charge >= 0.3 is 0 Å². The summed E-state index contributed by atoms with van der Waals surface area (Å²) in [5, 5.41) is 7.33. The largest absolute Gasteiger partial charge is 0.423 e. The molecule has 0 saturated heterocycles. The van der Waals surface area contributed by atoms with E-state index in [0.717, 1.165) is 5.56 Å². The second-order valence-corrected chi connectivity index (χ2v) is 2.03. The maximum atomic E-state index is 4.98. The van der Waals surface area contributed by atoms with Crippen molar-refractivity contribution in [3.05, 3.63) is 36.7 Å². The Hall–Kier alpha value is -1.64. The van der Waals surface area contributed by atoms with Crippen LogP contribution in [0.3, 0.4) is 0 Å². The normalized spacial score (nSPS) is 9.82. The molecule has 0 unspecified atom stereocenters. The van der Waals surface area contributed by atoms with Crippen molar-refractivity contribution in [3.63, 3.8) is 0 Å². The van der Waals surface area contributed by atoms with Gasteiger partial charge in [-0.2, -0.15) is 0 Å². The van der Waals surface area contributed by atoms with E-state index in [2.05, 4.69) is 16.3 Å². The maximum Gasteiger partial charge on any atom is 0.247 e.